The summed E-state index contributed by atoms with van der Waals surface area (Å²) in [6.45, 7) is 2.24. The van der Waals surface area contributed by atoms with Crippen LogP contribution in [0.4, 0.5) is 0 Å². The van der Waals surface area contributed by atoms with Gasteiger partial charge in [-0.3, -0.25) is 9.59 Å². The summed E-state index contributed by atoms with van der Waals surface area (Å²) in [6, 6.07) is 20.4. The minimum absolute atomic E-state index is 0.135. The summed E-state index contributed by atoms with van der Waals surface area (Å²) in [7, 11) is 0. The van der Waals surface area contributed by atoms with Gasteiger partial charge in [-0.25, -0.2) is 10.9 Å². The molecule has 32 heavy (non-hydrogen) atoms. The third kappa shape index (κ3) is 6.02. The molecule has 2 amide bonds. The third-order valence-corrected chi connectivity index (χ3v) is 4.26. The molecule has 0 atom stereocenters. The predicted molar refractivity (Wildman–Crippen MR) is 122 cm³/mol. The lowest BCUT2D eigenvalue weighted by Crippen LogP contribution is -2.17. The van der Waals surface area contributed by atoms with Gasteiger partial charge < -0.3 is 9.84 Å². The van der Waals surface area contributed by atoms with Crippen LogP contribution in [0.5, 0.6) is 11.5 Å². The maximum atomic E-state index is 12.1. The van der Waals surface area contributed by atoms with E-state index in [-0.39, 0.29) is 17.6 Å². The Morgan fingerprint density at radius 1 is 0.844 bits per heavy atom. The van der Waals surface area contributed by atoms with Crippen LogP contribution in [0.25, 0.3) is 0 Å². The Balaban J connectivity index is 1.75. The van der Waals surface area contributed by atoms with Crippen molar-refractivity contribution >= 4 is 24.2 Å². The smallest absolute Gasteiger partial charge is 0.271 e. The van der Waals surface area contributed by atoms with Crippen molar-refractivity contribution in [2.75, 3.05) is 6.61 Å². The minimum Gasteiger partial charge on any atom is -0.507 e. The third-order valence-electron chi connectivity index (χ3n) is 4.26. The Kier molecular flexibility index (Phi) is 7.69. The Bertz CT molecular complexity index is 1040. The number of hydrogen-bond donors (Lipinski definition) is 3. The number of carbonyl (C=O) groups excluding carboxylic acids is 2. The topological polar surface area (TPSA) is 112 Å². The van der Waals surface area contributed by atoms with E-state index < -0.39 is 0 Å². The molecule has 0 saturated carbocycles. The number of hydrazone groups is 2. The molecule has 0 aliphatic heterocycles. The van der Waals surface area contributed by atoms with E-state index in [4.69, 9.17) is 4.74 Å². The van der Waals surface area contributed by atoms with Gasteiger partial charge in [0.05, 0.1) is 19.0 Å². The van der Waals surface area contributed by atoms with Crippen molar-refractivity contribution in [1.82, 2.24) is 10.9 Å². The lowest BCUT2D eigenvalue weighted by molar-refractivity contribution is 0.0947. The van der Waals surface area contributed by atoms with Gasteiger partial charge >= 0.3 is 0 Å². The first-order valence-corrected chi connectivity index (χ1v) is 9.85. The first kappa shape index (κ1) is 22.2. The van der Waals surface area contributed by atoms with Crippen LogP contribution < -0.4 is 15.6 Å². The number of phenols is 1. The molecule has 3 aromatic rings. The highest BCUT2D eigenvalue weighted by Crippen LogP contribution is 2.26. The standard InChI is InChI=1S/C24H22N4O4/c1-2-32-21-13-19(15-25-27-23(30)17-9-5-3-6-10-17)22(29)20(14-21)16-26-28-24(31)18-11-7-4-8-12-18/h3-16,29H,2H2,1H3,(H,27,30)(H,28,31)/b25-15+,26-16+. The van der Waals surface area contributed by atoms with Gasteiger partial charge in [-0.1, -0.05) is 36.4 Å². The Morgan fingerprint density at radius 3 is 1.69 bits per heavy atom. The monoisotopic (exact) mass is 430 g/mol. The van der Waals surface area contributed by atoms with Crippen molar-refractivity contribution in [3.05, 3.63) is 95.1 Å². The zero-order valence-electron chi connectivity index (χ0n) is 17.4. The molecule has 8 nitrogen and oxygen atoms in total. The molecule has 0 saturated heterocycles. The second-order valence-corrected chi connectivity index (χ2v) is 6.51. The van der Waals surface area contributed by atoms with Crippen LogP contribution in [0, 0.1) is 0 Å². The first-order valence-electron chi connectivity index (χ1n) is 9.85. The number of hydrogen-bond acceptors (Lipinski definition) is 6. The van der Waals surface area contributed by atoms with Crippen molar-refractivity contribution in [3.63, 3.8) is 0 Å². The van der Waals surface area contributed by atoms with Crippen LogP contribution in [-0.2, 0) is 0 Å². The SMILES string of the molecule is CCOc1cc(/C=N/NC(=O)c2ccccc2)c(O)c(/C=N/NC(=O)c2ccccc2)c1. The lowest BCUT2D eigenvalue weighted by atomic mass is 10.1. The van der Waals surface area contributed by atoms with Gasteiger partial charge in [-0.15, -0.1) is 0 Å². The lowest BCUT2D eigenvalue weighted by Gasteiger charge is -2.09. The number of aromatic hydroxyl groups is 1. The molecular formula is C24H22N4O4. The van der Waals surface area contributed by atoms with Crippen molar-refractivity contribution in [1.29, 1.82) is 0 Å². The summed E-state index contributed by atoms with van der Waals surface area (Å²) < 4.78 is 5.53. The van der Waals surface area contributed by atoms with E-state index in [1.165, 1.54) is 12.4 Å². The molecule has 0 bridgehead atoms. The zero-order valence-corrected chi connectivity index (χ0v) is 17.4. The quantitative estimate of drug-likeness (QED) is 0.376. The second kappa shape index (κ2) is 11.1. The van der Waals surface area contributed by atoms with Gasteiger partial charge in [0.1, 0.15) is 11.5 Å². The maximum Gasteiger partial charge on any atom is 0.271 e. The molecule has 0 heterocycles. The van der Waals surface area contributed by atoms with E-state index in [0.29, 0.717) is 34.6 Å². The van der Waals surface area contributed by atoms with Gasteiger partial charge in [0.15, 0.2) is 0 Å². The molecule has 8 heteroatoms. The summed E-state index contributed by atoms with van der Waals surface area (Å²) in [4.78, 5) is 24.2. The number of rotatable bonds is 8. The number of nitrogens with zero attached hydrogens (tertiary/aromatic N) is 2. The second-order valence-electron chi connectivity index (χ2n) is 6.51. The van der Waals surface area contributed by atoms with Crippen LogP contribution in [-0.4, -0.2) is 36.0 Å². The summed E-state index contributed by atoms with van der Waals surface area (Å²) in [5, 5.41) is 18.4. The number of ether oxygens (including phenoxy) is 1. The van der Waals surface area contributed by atoms with Gasteiger partial charge in [0.2, 0.25) is 0 Å². The summed E-state index contributed by atoms with van der Waals surface area (Å²) in [5.41, 5.74) is 6.35. The molecule has 3 rings (SSSR count). The molecule has 162 valence electrons. The summed E-state index contributed by atoms with van der Waals surface area (Å²) in [5.74, 6) is -0.429. The van der Waals surface area contributed by atoms with E-state index in [9.17, 15) is 14.7 Å². The molecule has 0 aliphatic carbocycles. The molecule has 3 aromatic carbocycles. The number of carbonyl (C=O) groups is 2. The van der Waals surface area contributed by atoms with E-state index in [2.05, 4.69) is 21.1 Å². The van der Waals surface area contributed by atoms with Crippen molar-refractivity contribution < 1.29 is 19.4 Å². The number of phenolic OH excluding ortho intramolecular Hbond substituents is 1. The number of amides is 2. The van der Waals surface area contributed by atoms with Gasteiger partial charge in [0, 0.05) is 22.3 Å². The number of nitrogens with one attached hydrogen (secondary N) is 2. The molecule has 0 spiro atoms. The highest BCUT2D eigenvalue weighted by atomic mass is 16.5. The Hall–Kier alpha value is -4.46. The largest absolute Gasteiger partial charge is 0.507 e. The molecule has 0 radical (unpaired) electrons. The van der Waals surface area contributed by atoms with Crippen LogP contribution in [0.15, 0.2) is 83.0 Å². The minimum atomic E-state index is -0.382. The van der Waals surface area contributed by atoms with Crippen LogP contribution in [0.2, 0.25) is 0 Å². The fourth-order valence-corrected chi connectivity index (χ4v) is 2.73. The Morgan fingerprint density at radius 2 is 1.28 bits per heavy atom. The average Bonchev–Trinajstić information content (AvgIpc) is 2.82. The normalized spacial score (nSPS) is 10.9. The van der Waals surface area contributed by atoms with Crippen molar-refractivity contribution in [2.24, 2.45) is 10.2 Å². The highest BCUT2D eigenvalue weighted by Gasteiger charge is 2.10. The van der Waals surface area contributed by atoms with Gasteiger partial charge in [-0.05, 0) is 43.3 Å². The molecule has 0 aliphatic rings. The highest BCUT2D eigenvalue weighted by molar-refractivity contribution is 5.97. The predicted octanol–water partition coefficient (Wildman–Crippen LogP) is 3.32. The van der Waals surface area contributed by atoms with Crippen LogP contribution in [0.3, 0.4) is 0 Å². The first-order chi connectivity index (χ1) is 15.6. The summed E-state index contributed by atoms with van der Waals surface area (Å²) >= 11 is 0. The van der Waals surface area contributed by atoms with E-state index in [0.717, 1.165) is 0 Å². The molecule has 0 unspecified atom stereocenters. The van der Waals surface area contributed by atoms with Crippen LogP contribution in [0.1, 0.15) is 38.8 Å². The molecule has 0 fully saturated rings. The van der Waals surface area contributed by atoms with E-state index in [1.54, 1.807) is 60.7 Å². The van der Waals surface area contributed by atoms with Gasteiger partial charge in [0.25, 0.3) is 11.8 Å². The average molecular weight is 430 g/mol. The number of benzene rings is 3. The maximum absolute atomic E-state index is 12.1. The van der Waals surface area contributed by atoms with Crippen molar-refractivity contribution in [3.8, 4) is 11.5 Å². The molecule has 0 aromatic heterocycles. The Labute approximate surface area is 185 Å². The zero-order chi connectivity index (χ0) is 22.8. The van der Waals surface area contributed by atoms with Crippen LogP contribution >= 0.6 is 0 Å². The van der Waals surface area contributed by atoms with Crippen molar-refractivity contribution in [2.45, 2.75) is 6.92 Å². The fraction of sp³-hybridized carbons (Fsp3) is 0.0833. The molecular weight excluding hydrogens is 408 g/mol. The summed E-state index contributed by atoms with van der Waals surface area (Å²) in [6.07, 6.45) is 2.61. The van der Waals surface area contributed by atoms with E-state index in [1.807, 2.05) is 19.1 Å². The molecule has 3 N–H and O–H groups in total. The van der Waals surface area contributed by atoms with E-state index >= 15 is 0 Å². The van der Waals surface area contributed by atoms with Gasteiger partial charge in [-0.2, -0.15) is 10.2 Å². The fourth-order valence-electron chi connectivity index (χ4n) is 2.73.